The molecule has 0 aliphatic heterocycles. The molecule has 3 N–H and O–H groups in total. The minimum absolute atomic E-state index is 0.0716. The van der Waals surface area contributed by atoms with Crippen LogP contribution in [0.25, 0.3) is 0 Å². The predicted molar refractivity (Wildman–Crippen MR) is 79.2 cm³/mol. The lowest BCUT2D eigenvalue weighted by molar-refractivity contribution is -0.385. The van der Waals surface area contributed by atoms with Gasteiger partial charge in [0.1, 0.15) is 0 Å². The lowest BCUT2D eigenvalue weighted by atomic mass is 10.1. The van der Waals surface area contributed by atoms with Gasteiger partial charge in [-0.2, -0.15) is 0 Å². The highest BCUT2D eigenvalue weighted by molar-refractivity contribution is 7.90. The van der Waals surface area contributed by atoms with Crippen LogP contribution in [0.4, 0.5) is 5.69 Å². The van der Waals surface area contributed by atoms with Crippen molar-refractivity contribution in [1.29, 1.82) is 0 Å². The van der Waals surface area contributed by atoms with Crippen LogP contribution >= 0.6 is 0 Å². The lowest BCUT2D eigenvalue weighted by Gasteiger charge is -2.12. The molecule has 0 saturated heterocycles. The summed E-state index contributed by atoms with van der Waals surface area (Å²) in [5, 5.41) is 13.5. The zero-order valence-electron chi connectivity index (χ0n) is 12.0. The first-order chi connectivity index (χ1) is 10.2. The van der Waals surface area contributed by atoms with Crippen LogP contribution in [-0.4, -0.2) is 38.1 Å². The SMILES string of the molecule is CS(=O)(=O)c1cc(C(=O)NCC(N)C2CC2)cc([N+](=O)[O-])c1. The van der Waals surface area contributed by atoms with E-state index in [4.69, 9.17) is 5.73 Å². The molecule has 9 heteroatoms. The second-order valence-corrected chi connectivity index (χ2v) is 7.47. The Hall–Kier alpha value is -2.00. The van der Waals surface area contributed by atoms with Crippen LogP contribution in [0.2, 0.25) is 0 Å². The van der Waals surface area contributed by atoms with E-state index in [1.54, 1.807) is 0 Å². The van der Waals surface area contributed by atoms with Crippen molar-refractivity contribution in [1.82, 2.24) is 5.32 Å². The molecule has 1 aromatic rings. The van der Waals surface area contributed by atoms with E-state index in [2.05, 4.69) is 5.32 Å². The van der Waals surface area contributed by atoms with Gasteiger partial charge in [0, 0.05) is 36.5 Å². The van der Waals surface area contributed by atoms with Gasteiger partial charge < -0.3 is 11.1 Å². The summed E-state index contributed by atoms with van der Waals surface area (Å²) in [6, 6.07) is 2.95. The number of nitro benzene ring substituents is 1. The molecule has 0 heterocycles. The van der Waals surface area contributed by atoms with Gasteiger partial charge in [-0.05, 0) is 24.8 Å². The summed E-state index contributed by atoms with van der Waals surface area (Å²) in [5.74, 6) is -0.179. The molecule has 0 radical (unpaired) electrons. The quantitative estimate of drug-likeness (QED) is 0.576. The molecule has 1 aromatic carbocycles. The average Bonchev–Trinajstić information content (AvgIpc) is 3.27. The minimum atomic E-state index is -3.66. The first-order valence-corrected chi connectivity index (χ1v) is 8.61. The smallest absolute Gasteiger partial charge is 0.271 e. The summed E-state index contributed by atoms with van der Waals surface area (Å²) in [6.07, 6.45) is 2.99. The monoisotopic (exact) mass is 327 g/mol. The van der Waals surface area contributed by atoms with Crippen LogP contribution in [0.15, 0.2) is 23.1 Å². The second-order valence-electron chi connectivity index (χ2n) is 5.46. The van der Waals surface area contributed by atoms with E-state index < -0.39 is 26.4 Å². The highest BCUT2D eigenvalue weighted by atomic mass is 32.2. The average molecular weight is 327 g/mol. The summed E-state index contributed by atoms with van der Waals surface area (Å²) < 4.78 is 23.1. The Morgan fingerprint density at radius 3 is 2.59 bits per heavy atom. The first kappa shape index (κ1) is 16.4. The van der Waals surface area contributed by atoms with Crippen LogP contribution in [0.1, 0.15) is 23.2 Å². The fourth-order valence-electron chi connectivity index (χ4n) is 2.04. The Morgan fingerprint density at radius 2 is 2.09 bits per heavy atom. The molecular weight excluding hydrogens is 310 g/mol. The molecule has 1 saturated carbocycles. The van der Waals surface area contributed by atoms with Crippen molar-refractivity contribution in [3.63, 3.8) is 0 Å². The number of non-ortho nitro benzene ring substituents is 1. The van der Waals surface area contributed by atoms with Crippen molar-refractivity contribution in [2.45, 2.75) is 23.8 Å². The maximum absolute atomic E-state index is 12.1. The third-order valence-corrected chi connectivity index (χ3v) is 4.61. The van der Waals surface area contributed by atoms with Gasteiger partial charge >= 0.3 is 0 Å². The van der Waals surface area contributed by atoms with Crippen molar-refractivity contribution in [3.05, 3.63) is 33.9 Å². The number of carbonyl (C=O) groups is 1. The van der Waals surface area contributed by atoms with Crippen LogP contribution in [0.3, 0.4) is 0 Å². The summed E-state index contributed by atoms with van der Waals surface area (Å²) >= 11 is 0. The highest BCUT2D eigenvalue weighted by Gasteiger charge is 2.28. The molecule has 1 aliphatic carbocycles. The maximum Gasteiger partial charge on any atom is 0.271 e. The Bertz CT molecular complexity index is 712. The number of benzene rings is 1. The number of nitro groups is 1. The lowest BCUT2D eigenvalue weighted by Crippen LogP contribution is -2.38. The predicted octanol–water partition coefficient (Wildman–Crippen LogP) is 0.465. The van der Waals surface area contributed by atoms with Crippen molar-refractivity contribution in [2.24, 2.45) is 11.7 Å². The van der Waals surface area contributed by atoms with Crippen molar-refractivity contribution in [2.75, 3.05) is 12.8 Å². The van der Waals surface area contributed by atoms with Gasteiger partial charge in [-0.15, -0.1) is 0 Å². The number of nitrogens with two attached hydrogens (primary N) is 1. The number of amides is 1. The fraction of sp³-hybridized carbons (Fsp3) is 0.462. The number of nitrogens with zero attached hydrogens (tertiary/aromatic N) is 1. The Balaban J connectivity index is 2.22. The molecule has 8 nitrogen and oxygen atoms in total. The topological polar surface area (TPSA) is 132 Å². The minimum Gasteiger partial charge on any atom is -0.350 e. The second kappa shape index (κ2) is 6.01. The Kier molecular flexibility index (Phi) is 4.47. The van der Waals surface area contributed by atoms with Gasteiger partial charge in [-0.3, -0.25) is 14.9 Å². The summed E-state index contributed by atoms with van der Waals surface area (Å²) in [4.78, 5) is 21.9. The summed E-state index contributed by atoms with van der Waals surface area (Å²) in [7, 11) is -3.66. The van der Waals surface area contributed by atoms with Gasteiger partial charge in [0.25, 0.3) is 11.6 Å². The zero-order valence-corrected chi connectivity index (χ0v) is 12.8. The maximum atomic E-state index is 12.1. The standard InChI is InChI=1S/C13H17N3O5S/c1-22(20,21)11-5-9(4-10(6-11)16(18)19)13(17)15-7-12(14)8-2-3-8/h4-6,8,12H,2-3,7,14H2,1H3,(H,15,17). The van der Waals surface area contributed by atoms with Crippen molar-refractivity contribution in [3.8, 4) is 0 Å². The number of hydrogen-bond acceptors (Lipinski definition) is 6. The first-order valence-electron chi connectivity index (χ1n) is 6.72. The number of carbonyl (C=O) groups excluding carboxylic acids is 1. The van der Waals surface area contributed by atoms with Crippen molar-refractivity contribution < 1.29 is 18.1 Å². The fourth-order valence-corrected chi connectivity index (χ4v) is 2.71. The number of sulfone groups is 1. The van der Waals surface area contributed by atoms with E-state index in [-0.39, 0.29) is 23.0 Å². The Labute approximate surface area is 127 Å². The van der Waals surface area contributed by atoms with E-state index in [0.717, 1.165) is 37.3 Å². The molecule has 1 fully saturated rings. The molecule has 0 spiro atoms. The van der Waals surface area contributed by atoms with E-state index in [1.165, 1.54) is 0 Å². The largest absolute Gasteiger partial charge is 0.350 e. The van der Waals surface area contributed by atoms with E-state index in [9.17, 15) is 23.3 Å². The van der Waals surface area contributed by atoms with Gasteiger partial charge in [-0.25, -0.2) is 8.42 Å². The van der Waals surface area contributed by atoms with E-state index in [1.807, 2.05) is 0 Å². The number of nitrogens with one attached hydrogen (secondary N) is 1. The summed E-state index contributed by atoms with van der Waals surface area (Å²) in [5.41, 5.74) is 5.35. The third-order valence-electron chi connectivity index (χ3n) is 3.52. The molecule has 0 bridgehead atoms. The third kappa shape index (κ3) is 4.01. The van der Waals surface area contributed by atoms with E-state index >= 15 is 0 Å². The van der Waals surface area contributed by atoms with Crippen molar-refractivity contribution >= 4 is 21.4 Å². The highest BCUT2D eigenvalue weighted by Crippen LogP contribution is 2.31. The molecule has 22 heavy (non-hydrogen) atoms. The van der Waals surface area contributed by atoms with E-state index in [0.29, 0.717) is 5.92 Å². The summed E-state index contributed by atoms with van der Waals surface area (Å²) in [6.45, 7) is 0.250. The molecule has 1 aliphatic rings. The zero-order chi connectivity index (χ0) is 16.5. The van der Waals surface area contributed by atoms with Crippen LogP contribution < -0.4 is 11.1 Å². The molecule has 0 aromatic heterocycles. The normalized spacial score (nSPS) is 16.1. The molecule has 2 rings (SSSR count). The van der Waals surface area contributed by atoms with Gasteiger partial charge in [0.15, 0.2) is 9.84 Å². The number of hydrogen-bond donors (Lipinski definition) is 2. The number of rotatable bonds is 6. The molecular formula is C13H17N3O5S. The molecule has 120 valence electrons. The van der Waals surface area contributed by atoms with Gasteiger partial charge in [0.05, 0.1) is 9.82 Å². The Morgan fingerprint density at radius 1 is 1.45 bits per heavy atom. The molecule has 1 amide bonds. The molecule has 1 unspecified atom stereocenters. The van der Waals surface area contributed by atoms with Gasteiger partial charge in [-0.1, -0.05) is 0 Å². The van der Waals surface area contributed by atoms with Gasteiger partial charge in [0.2, 0.25) is 0 Å². The molecule has 1 atom stereocenters. The van der Waals surface area contributed by atoms with Crippen LogP contribution in [0, 0.1) is 16.0 Å². The van der Waals surface area contributed by atoms with Crippen LogP contribution in [-0.2, 0) is 9.84 Å². The van der Waals surface area contributed by atoms with Crippen LogP contribution in [0.5, 0.6) is 0 Å².